The number of rotatable bonds is 7. The predicted molar refractivity (Wildman–Crippen MR) is 92.7 cm³/mol. The van der Waals surface area contributed by atoms with Crippen LogP contribution in [0.1, 0.15) is 5.56 Å². The number of benzene rings is 2. The van der Waals surface area contributed by atoms with Crippen LogP contribution in [0, 0.1) is 3.57 Å². The number of halogens is 1. The molecule has 0 atom stereocenters. The van der Waals surface area contributed by atoms with E-state index in [0.717, 1.165) is 13.0 Å². The third-order valence-electron chi connectivity index (χ3n) is 3.20. The molecule has 0 unspecified atom stereocenters. The van der Waals surface area contributed by atoms with Crippen molar-refractivity contribution in [2.45, 2.75) is 26.1 Å². The molecule has 0 bridgehead atoms. The lowest BCUT2D eigenvalue weighted by Crippen LogP contribution is -3.61. The van der Waals surface area contributed by atoms with Crippen LogP contribution < -0.4 is 21.2 Å². The van der Waals surface area contributed by atoms with Gasteiger partial charge >= 0.3 is 21.2 Å². The third-order valence-corrected chi connectivity index (χ3v) is 12.4. The maximum Gasteiger partial charge on any atom is 0.350 e. The largest absolute Gasteiger partial charge is 0.497 e. The first-order valence-electron chi connectivity index (χ1n) is 7.62. The highest BCUT2D eigenvalue weighted by molar-refractivity contribution is 6.82. The quantitative estimate of drug-likeness (QED) is 0.286. The van der Waals surface area contributed by atoms with Crippen molar-refractivity contribution in [2.24, 2.45) is 0 Å². The summed E-state index contributed by atoms with van der Waals surface area (Å²) in [5.41, 5.74) is 1.34. The van der Waals surface area contributed by atoms with E-state index in [1.807, 2.05) is 0 Å². The molecule has 0 fully saturated rings. The minimum Gasteiger partial charge on any atom is -0.497 e. The fourth-order valence-electron chi connectivity index (χ4n) is 1.89. The van der Waals surface area contributed by atoms with Crippen LogP contribution in [0.2, 0.25) is 19.6 Å². The van der Waals surface area contributed by atoms with E-state index in [4.69, 9.17) is 4.74 Å². The summed E-state index contributed by atoms with van der Waals surface area (Å²) in [6.45, 7) is 7.97. The molecule has 2 aromatic rings. The maximum absolute atomic E-state index is 5.90. The van der Waals surface area contributed by atoms with Crippen LogP contribution >= 0.6 is 0 Å². The van der Waals surface area contributed by atoms with Crippen molar-refractivity contribution in [3.05, 3.63) is 79.3 Å². The van der Waals surface area contributed by atoms with Crippen molar-refractivity contribution < 1.29 is 25.9 Å². The van der Waals surface area contributed by atoms with Gasteiger partial charge in [-0.05, 0) is 17.7 Å². The van der Waals surface area contributed by atoms with E-state index in [1.54, 1.807) is 3.20 Å². The van der Waals surface area contributed by atoms with E-state index in [0.29, 0.717) is 0 Å². The zero-order valence-electron chi connectivity index (χ0n) is 13.6. The zero-order valence-corrected chi connectivity index (χ0v) is 16.7. The Morgan fingerprint density at radius 3 is 2.14 bits per heavy atom. The van der Waals surface area contributed by atoms with Crippen LogP contribution in [0.3, 0.4) is 0 Å². The zero-order chi connectivity index (χ0) is 15.8. The molecule has 2 aromatic carbocycles. The van der Waals surface area contributed by atoms with Gasteiger partial charge in [0.1, 0.15) is 14.3 Å². The second-order valence-electron chi connectivity index (χ2n) is 6.21. The van der Waals surface area contributed by atoms with Crippen molar-refractivity contribution in [3.8, 4) is 0 Å². The first kappa shape index (κ1) is 17.3. The predicted octanol–water partition coefficient (Wildman–Crippen LogP) is 1.92. The molecule has 0 saturated carbocycles. The van der Waals surface area contributed by atoms with Gasteiger partial charge in [-0.15, -0.1) is 0 Å². The van der Waals surface area contributed by atoms with Gasteiger partial charge in [-0.25, -0.2) is 0 Å². The summed E-state index contributed by atoms with van der Waals surface area (Å²) in [7, 11) is -1.31. The topological polar surface area (TPSA) is 9.23 Å². The molecule has 0 aliphatic carbocycles. The molecule has 0 amide bonds. The molecule has 3 heteroatoms. The van der Waals surface area contributed by atoms with Gasteiger partial charge in [-0.3, -0.25) is 0 Å². The molecule has 0 N–H and O–H groups in total. The highest BCUT2D eigenvalue weighted by Crippen LogP contribution is 2.07. The molecule has 0 heterocycles. The lowest BCUT2D eigenvalue weighted by atomic mass is 10.2. The molecule has 1 nitrogen and oxygen atoms in total. The Kier molecular flexibility index (Phi) is 6.70. The molecular weight excluding hydrogens is 399 g/mol. The summed E-state index contributed by atoms with van der Waals surface area (Å²) < 4.78 is 8.95. The summed E-state index contributed by atoms with van der Waals surface area (Å²) in [6, 6.07) is 21.4. The van der Waals surface area contributed by atoms with Gasteiger partial charge in [0.25, 0.3) is 0 Å². The summed E-state index contributed by atoms with van der Waals surface area (Å²) in [5.74, 6) is 0. The Hall–Kier alpha value is -1.07. The highest BCUT2D eigenvalue weighted by Gasteiger charge is 2.33. The molecule has 0 aliphatic heterocycles. The average Bonchev–Trinajstić information content (AvgIpc) is 2.51. The van der Waals surface area contributed by atoms with Crippen LogP contribution in [-0.2, 0) is 11.2 Å². The van der Waals surface area contributed by atoms with Crippen LogP contribution in [0.5, 0.6) is 0 Å². The van der Waals surface area contributed by atoms with Crippen molar-refractivity contribution in [3.63, 3.8) is 0 Å². The van der Waals surface area contributed by atoms with E-state index in [9.17, 15) is 0 Å². The average molecular weight is 423 g/mol. The minimum absolute atomic E-state index is 0.104. The normalized spacial score (nSPS) is 12.2. The highest BCUT2D eigenvalue weighted by atomic mass is 127. The Morgan fingerprint density at radius 2 is 1.55 bits per heavy atom. The first-order chi connectivity index (χ1) is 10.6. The molecule has 0 radical (unpaired) electrons. The standard InChI is InChI=1S/C19H24IOSi/c1-22(2,3)19(20-18-12-8-5-9-13-18)16-21-15-14-17-10-6-4-7-11-17/h4-13,16H,14-15H2,1-3H3/q+1/b19-16-. The fraction of sp³-hybridized carbons (Fsp3) is 0.263. The van der Waals surface area contributed by atoms with Crippen LogP contribution in [0.4, 0.5) is 0 Å². The Balaban J connectivity index is 1.94. The lowest BCUT2D eigenvalue weighted by Gasteiger charge is -2.10. The second-order valence-corrected chi connectivity index (χ2v) is 15.2. The van der Waals surface area contributed by atoms with Crippen LogP contribution in [0.15, 0.2) is 70.1 Å². The monoisotopic (exact) mass is 423 g/mol. The molecule has 116 valence electrons. The van der Waals surface area contributed by atoms with Gasteiger partial charge in [0.05, 0.1) is 6.61 Å². The molecule has 22 heavy (non-hydrogen) atoms. The van der Waals surface area contributed by atoms with E-state index < -0.39 is 8.07 Å². The summed E-state index contributed by atoms with van der Waals surface area (Å²) in [6.07, 6.45) is 3.05. The molecule has 0 aromatic heterocycles. The number of ether oxygens (including phenoxy) is 1. The van der Waals surface area contributed by atoms with Gasteiger partial charge in [0, 0.05) is 6.42 Å². The first-order valence-corrected chi connectivity index (χ1v) is 13.3. The Bertz CT molecular complexity index is 588. The lowest BCUT2D eigenvalue weighted by molar-refractivity contribution is -0.568. The Labute approximate surface area is 145 Å². The molecule has 0 saturated heterocycles. The Morgan fingerprint density at radius 1 is 0.955 bits per heavy atom. The molecule has 0 spiro atoms. The van der Waals surface area contributed by atoms with Gasteiger partial charge in [-0.1, -0.05) is 68.2 Å². The van der Waals surface area contributed by atoms with Crippen molar-refractivity contribution in [1.82, 2.24) is 0 Å². The van der Waals surface area contributed by atoms with E-state index in [-0.39, 0.29) is 21.2 Å². The number of hydrogen-bond donors (Lipinski definition) is 0. The van der Waals surface area contributed by atoms with Crippen LogP contribution in [0.25, 0.3) is 0 Å². The summed E-state index contributed by atoms with van der Waals surface area (Å²) in [5, 5.41) is 0. The van der Waals surface area contributed by atoms with E-state index in [2.05, 4.69) is 86.6 Å². The number of hydrogen-bond acceptors (Lipinski definition) is 1. The second kappa shape index (κ2) is 8.53. The van der Waals surface area contributed by atoms with Gasteiger partial charge in [-0.2, -0.15) is 0 Å². The smallest absolute Gasteiger partial charge is 0.350 e. The summed E-state index contributed by atoms with van der Waals surface area (Å²) >= 11 is -0.104. The third kappa shape index (κ3) is 5.97. The molecule has 2 rings (SSSR count). The van der Waals surface area contributed by atoms with E-state index in [1.165, 1.54) is 9.13 Å². The molecular formula is C19H24IOSi+. The fourth-order valence-corrected chi connectivity index (χ4v) is 7.52. The van der Waals surface area contributed by atoms with Gasteiger partial charge in [0.15, 0.2) is 6.77 Å². The van der Waals surface area contributed by atoms with Crippen molar-refractivity contribution in [2.75, 3.05) is 6.61 Å². The van der Waals surface area contributed by atoms with Gasteiger partial charge < -0.3 is 4.74 Å². The van der Waals surface area contributed by atoms with Crippen molar-refractivity contribution >= 4 is 8.07 Å². The summed E-state index contributed by atoms with van der Waals surface area (Å²) in [4.78, 5) is 0. The van der Waals surface area contributed by atoms with Gasteiger partial charge in [0.2, 0.25) is 0 Å². The minimum atomic E-state index is -1.31. The van der Waals surface area contributed by atoms with E-state index >= 15 is 0 Å². The maximum atomic E-state index is 5.90. The van der Waals surface area contributed by atoms with Crippen LogP contribution in [-0.4, -0.2) is 14.7 Å². The SMILES string of the molecule is C[Si](C)(C)/C(=C\OCCc1ccccc1)[I+]c1ccccc1. The van der Waals surface area contributed by atoms with Crippen molar-refractivity contribution in [1.29, 1.82) is 0 Å². The molecule has 0 aliphatic rings.